The second-order valence-corrected chi connectivity index (χ2v) is 14.6. The summed E-state index contributed by atoms with van der Waals surface area (Å²) in [5, 5.41) is 15.8. The van der Waals surface area contributed by atoms with Crippen LogP contribution in [0.15, 0.2) is 30.3 Å². The lowest BCUT2D eigenvalue weighted by Crippen LogP contribution is -2.59. The molecule has 0 radical (unpaired) electrons. The van der Waals surface area contributed by atoms with Gasteiger partial charge >= 0.3 is 6.09 Å². The summed E-state index contributed by atoms with van der Waals surface area (Å²) in [6.45, 7) is 9.63. The number of nitrogens with one attached hydrogen (secondary N) is 2. The molecule has 3 N–H and O–H groups in total. The Kier molecular flexibility index (Phi) is 16.3. The number of carbonyl (C=O) groups is 5. The third-order valence-corrected chi connectivity index (χ3v) is 10.8. The van der Waals surface area contributed by atoms with E-state index in [4.69, 9.17) is 14.2 Å². The minimum atomic E-state index is -0.891. The largest absolute Gasteiger partial charge is 0.447 e. The van der Waals surface area contributed by atoms with Gasteiger partial charge in [-0.05, 0) is 36.7 Å². The zero-order valence-electron chi connectivity index (χ0n) is 32.4. The van der Waals surface area contributed by atoms with Gasteiger partial charge in [0.25, 0.3) is 0 Å². The molecule has 2 saturated heterocycles. The summed E-state index contributed by atoms with van der Waals surface area (Å²) in [6, 6.07) is 6.56. The molecule has 0 saturated carbocycles. The second kappa shape index (κ2) is 19.9. The highest BCUT2D eigenvalue weighted by Gasteiger charge is 2.44. The van der Waals surface area contributed by atoms with Crippen molar-refractivity contribution in [2.75, 3.05) is 48.1 Å². The van der Waals surface area contributed by atoms with Gasteiger partial charge in [0, 0.05) is 34.9 Å². The van der Waals surface area contributed by atoms with Crippen LogP contribution in [0.5, 0.6) is 0 Å². The highest BCUT2D eigenvalue weighted by Crippen LogP contribution is 2.30. The van der Waals surface area contributed by atoms with E-state index in [0.717, 1.165) is 12.0 Å². The molecule has 14 heteroatoms. The van der Waals surface area contributed by atoms with E-state index < -0.39 is 54.3 Å². The summed E-state index contributed by atoms with van der Waals surface area (Å²) in [7, 11) is 6.22. The molecule has 3 rings (SSSR count). The standard InChI is InChI=1S/C38H61N5O9/c1-10-24(4)33(42(7)37(48)32(23(2)3)40-36(47)29-22-52-38(49)41(29)6)30(50-8)20-31(45)43-18-14-17-28(43)34(51-9)25(5)35(46)39-27(21-44)19-26-15-12-11-13-16-26/h11-13,15-16,23-25,27-30,32-34,44H,10,14,17-22H2,1-9H3,(H,39,46)(H,40,47)/t24-,25+,27-,28-,29-,30+,32-,33-,34+/m0/s1. The summed E-state index contributed by atoms with van der Waals surface area (Å²) in [6.07, 6.45) is 0.709. The molecule has 292 valence electrons. The van der Waals surface area contributed by atoms with Gasteiger partial charge in [0.1, 0.15) is 18.7 Å². The Balaban J connectivity index is 1.74. The van der Waals surface area contributed by atoms with Crippen LogP contribution in [0.3, 0.4) is 0 Å². The Labute approximate surface area is 308 Å². The number of hydrogen-bond donors (Lipinski definition) is 3. The van der Waals surface area contributed by atoms with Gasteiger partial charge in [-0.1, -0.05) is 71.4 Å². The van der Waals surface area contributed by atoms with Crippen molar-refractivity contribution in [3.63, 3.8) is 0 Å². The number of benzene rings is 1. The molecule has 0 spiro atoms. The van der Waals surface area contributed by atoms with Crippen LogP contribution >= 0.6 is 0 Å². The van der Waals surface area contributed by atoms with Gasteiger partial charge in [-0.3, -0.25) is 24.1 Å². The van der Waals surface area contributed by atoms with Crippen molar-refractivity contribution in [2.24, 2.45) is 17.8 Å². The van der Waals surface area contributed by atoms with Gasteiger partial charge < -0.3 is 39.8 Å². The number of cyclic esters (lactones) is 1. The minimum absolute atomic E-state index is 0.00861. The summed E-state index contributed by atoms with van der Waals surface area (Å²) in [5.41, 5.74) is 0.996. The average molecular weight is 732 g/mol. The van der Waals surface area contributed by atoms with Gasteiger partial charge in [0.05, 0.1) is 49.3 Å². The molecule has 1 aromatic rings. The first-order chi connectivity index (χ1) is 24.7. The SMILES string of the molecule is CC[C@H](C)[C@@H]([C@@H](CC(=O)N1CCC[C@H]1[C@H](OC)[C@@H](C)C(=O)N[C@H](CO)Cc1ccccc1)OC)N(C)C(=O)[C@@H](NC(=O)[C@@H]1COC(=O)N1C)C(C)C. The van der Waals surface area contributed by atoms with E-state index in [0.29, 0.717) is 25.8 Å². The number of methoxy groups -OCH3 is 2. The molecule has 0 unspecified atom stereocenters. The van der Waals surface area contributed by atoms with Crippen LogP contribution in [-0.4, -0.2) is 140 Å². The van der Waals surface area contributed by atoms with Gasteiger partial charge in [0.15, 0.2) is 0 Å². The molecule has 1 aromatic carbocycles. The van der Waals surface area contributed by atoms with Crippen LogP contribution in [0.4, 0.5) is 4.79 Å². The fourth-order valence-corrected chi connectivity index (χ4v) is 7.42. The van der Waals surface area contributed by atoms with E-state index in [1.165, 1.54) is 19.1 Å². The molecule has 2 heterocycles. The lowest BCUT2D eigenvalue weighted by atomic mass is 9.89. The summed E-state index contributed by atoms with van der Waals surface area (Å²) in [4.78, 5) is 71.2. The number of nitrogens with zero attached hydrogens (tertiary/aromatic N) is 3. The topological polar surface area (TPSA) is 167 Å². The van der Waals surface area contributed by atoms with Crippen LogP contribution < -0.4 is 10.6 Å². The first-order valence-corrected chi connectivity index (χ1v) is 18.5. The molecule has 2 fully saturated rings. The van der Waals surface area contributed by atoms with Crippen molar-refractivity contribution in [1.29, 1.82) is 0 Å². The predicted octanol–water partition coefficient (Wildman–Crippen LogP) is 2.22. The normalized spacial score (nSPS) is 21.5. The number of aliphatic hydroxyl groups is 1. The van der Waals surface area contributed by atoms with Crippen molar-refractivity contribution in [3.8, 4) is 0 Å². The predicted molar refractivity (Wildman–Crippen MR) is 195 cm³/mol. The quantitative estimate of drug-likeness (QED) is 0.193. The number of rotatable bonds is 19. The number of hydrogen-bond acceptors (Lipinski definition) is 9. The minimum Gasteiger partial charge on any atom is -0.447 e. The fourth-order valence-electron chi connectivity index (χ4n) is 7.42. The van der Waals surface area contributed by atoms with Gasteiger partial charge in [-0.25, -0.2) is 4.79 Å². The van der Waals surface area contributed by atoms with Crippen LogP contribution in [-0.2, 0) is 39.8 Å². The van der Waals surface area contributed by atoms with Crippen molar-refractivity contribution < 1.29 is 43.3 Å². The Morgan fingerprint density at radius 2 is 1.73 bits per heavy atom. The molecule has 0 bridgehead atoms. The van der Waals surface area contributed by atoms with Crippen LogP contribution in [0.2, 0.25) is 0 Å². The van der Waals surface area contributed by atoms with Gasteiger partial charge in [-0.2, -0.15) is 0 Å². The maximum Gasteiger partial charge on any atom is 0.410 e. The average Bonchev–Trinajstić information content (AvgIpc) is 3.75. The third-order valence-electron chi connectivity index (χ3n) is 10.8. The fraction of sp³-hybridized carbons (Fsp3) is 0.711. The van der Waals surface area contributed by atoms with E-state index in [9.17, 15) is 29.1 Å². The number of likely N-dealkylation sites (tertiary alicyclic amines) is 1. The number of amides is 5. The Hall–Kier alpha value is -3.75. The molecule has 14 nitrogen and oxygen atoms in total. The molecular formula is C38H61N5O9. The second-order valence-electron chi connectivity index (χ2n) is 14.6. The van der Waals surface area contributed by atoms with Crippen LogP contribution in [0, 0.1) is 17.8 Å². The molecular weight excluding hydrogens is 670 g/mol. The van der Waals surface area contributed by atoms with Crippen molar-refractivity contribution in [1.82, 2.24) is 25.3 Å². The lowest BCUT2D eigenvalue weighted by molar-refractivity contribution is -0.148. The monoisotopic (exact) mass is 731 g/mol. The van der Waals surface area contributed by atoms with E-state index in [1.54, 1.807) is 30.9 Å². The third kappa shape index (κ3) is 10.4. The Morgan fingerprint density at radius 1 is 1.06 bits per heavy atom. The highest BCUT2D eigenvalue weighted by atomic mass is 16.6. The van der Waals surface area contributed by atoms with Crippen molar-refractivity contribution in [3.05, 3.63) is 35.9 Å². The zero-order valence-corrected chi connectivity index (χ0v) is 32.4. The number of carbonyl (C=O) groups excluding carboxylic acids is 5. The molecule has 0 aromatic heterocycles. The van der Waals surface area contributed by atoms with Gasteiger partial charge in [0.2, 0.25) is 23.6 Å². The Morgan fingerprint density at radius 3 is 2.27 bits per heavy atom. The zero-order chi connectivity index (χ0) is 38.7. The number of aliphatic hydroxyl groups excluding tert-OH is 1. The number of likely N-dealkylation sites (N-methyl/N-ethyl adjacent to an activating group) is 2. The summed E-state index contributed by atoms with van der Waals surface area (Å²) >= 11 is 0. The van der Waals surface area contributed by atoms with Crippen molar-refractivity contribution in [2.45, 2.75) is 109 Å². The van der Waals surface area contributed by atoms with Crippen LogP contribution in [0.25, 0.3) is 0 Å². The highest BCUT2D eigenvalue weighted by molar-refractivity contribution is 5.92. The van der Waals surface area contributed by atoms with E-state index in [1.807, 2.05) is 58.0 Å². The van der Waals surface area contributed by atoms with E-state index in [2.05, 4.69) is 10.6 Å². The van der Waals surface area contributed by atoms with E-state index >= 15 is 0 Å². The molecule has 0 aliphatic carbocycles. The smallest absolute Gasteiger partial charge is 0.410 e. The van der Waals surface area contributed by atoms with Crippen molar-refractivity contribution >= 4 is 29.7 Å². The first-order valence-electron chi connectivity index (χ1n) is 18.5. The molecule has 5 amide bonds. The summed E-state index contributed by atoms with van der Waals surface area (Å²) in [5.74, 6) is -2.20. The molecule has 9 atom stereocenters. The first kappa shape index (κ1) is 42.7. The van der Waals surface area contributed by atoms with Gasteiger partial charge in [-0.15, -0.1) is 0 Å². The molecule has 52 heavy (non-hydrogen) atoms. The Bertz CT molecular complexity index is 1350. The maximum absolute atomic E-state index is 14.1. The maximum atomic E-state index is 14.1. The molecule has 2 aliphatic rings. The van der Waals surface area contributed by atoms with Crippen LogP contribution in [0.1, 0.15) is 65.9 Å². The molecule has 2 aliphatic heterocycles. The number of ether oxygens (including phenoxy) is 3. The summed E-state index contributed by atoms with van der Waals surface area (Å²) < 4.78 is 16.9. The lowest BCUT2D eigenvalue weighted by Gasteiger charge is -2.41. The van der Waals surface area contributed by atoms with E-state index in [-0.39, 0.29) is 55.2 Å².